The fourth-order valence-corrected chi connectivity index (χ4v) is 2.63. The summed E-state index contributed by atoms with van der Waals surface area (Å²) in [7, 11) is 0. The summed E-state index contributed by atoms with van der Waals surface area (Å²) in [5.74, 6) is -0.823. The molecular weight excluding hydrogens is 218 g/mol. The van der Waals surface area contributed by atoms with E-state index in [4.69, 9.17) is 5.11 Å². The van der Waals surface area contributed by atoms with Crippen LogP contribution in [0.3, 0.4) is 0 Å². The van der Waals surface area contributed by atoms with Gasteiger partial charge in [-0.2, -0.15) is 0 Å². The minimum absolute atomic E-state index is 0.00519. The predicted octanol–water partition coefficient (Wildman–Crippen LogP) is 1.87. The minimum Gasteiger partial charge on any atom is -0.480 e. The molecule has 0 spiro atoms. The average molecular weight is 243 g/mol. The quantitative estimate of drug-likeness (QED) is 0.743. The summed E-state index contributed by atoms with van der Waals surface area (Å²) in [5.41, 5.74) is -0.228. The molecule has 1 aliphatic carbocycles. The number of aliphatic hydroxyl groups is 1. The van der Waals surface area contributed by atoms with Crippen molar-refractivity contribution in [1.29, 1.82) is 0 Å². The van der Waals surface area contributed by atoms with E-state index in [0.717, 1.165) is 32.1 Å². The summed E-state index contributed by atoms with van der Waals surface area (Å²) in [6.45, 7) is 6.03. The molecule has 17 heavy (non-hydrogen) atoms. The maximum atomic E-state index is 11.0. The van der Waals surface area contributed by atoms with Gasteiger partial charge < -0.3 is 10.2 Å². The lowest BCUT2D eigenvalue weighted by Crippen LogP contribution is -2.54. The first-order valence-corrected chi connectivity index (χ1v) is 6.49. The molecule has 0 heterocycles. The van der Waals surface area contributed by atoms with Crippen LogP contribution >= 0.6 is 0 Å². The van der Waals surface area contributed by atoms with E-state index < -0.39 is 12.1 Å². The van der Waals surface area contributed by atoms with Crippen molar-refractivity contribution in [3.63, 3.8) is 0 Å². The Hall–Kier alpha value is -0.610. The van der Waals surface area contributed by atoms with Crippen molar-refractivity contribution in [3.8, 4) is 0 Å². The summed E-state index contributed by atoms with van der Waals surface area (Å²) in [6, 6.07) is -0.0198. The molecule has 0 saturated heterocycles. The third-order valence-corrected chi connectivity index (χ3v) is 3.51. The van der Waals surface area contributed by atoms with Crippen LogP contribution in [-0.2, 0) is 4.79 Å². The Morgan fingerprint density at radius 1 is 1.24 bits per heavy atom. The second kappa shape index (κ2) is 5.83. The Kier molecular flexibility index (Phi) is 4.95. The van der Waals surface area contributed by atoms with Crippen molar-refractivity contribution in [2.24, 2.45) is 0 Å². The van der Waals surface area contributed by atoms with E-state index in [1.54, 1.807) is 0 Å². The Bertz CT molecular complexity index is 260. The number of nitrogens with zero attached hydrogens (tertiary/aromatic N) is 1. The molecule has 100 valence electrons. The van der Waals surface area contributed by atoms with Gasteiger partial charge in [0, 0.05) is 11.6 Å². The summed E-state index contributed by atoms with van der Waals surface area (Å²) in [5, 5.41) is 19.2. The van der Waals surface area contributed by atoms with Gasteiger partial charge >= 0.3 is 5.97 Å². The lowest BCUT2D eigenvalue weighted by Gasteiger charge is -2.42. The summed E-state index contributed by atoms with van der Waals surface area (Å²) < 4.78 is 0. The molecule has 0 aromatic carbocycles. The zero-order valence-corrected chi connectivity index (χ0v) is 11.1. The number of aliphatic carboxylic acids is 1. The SMILES string of the molecule is CC(C)(C)N(CC(=O)O)C1CCCCCC1O. The fraction of sp³-hybridized carbons (Fsp3) is 0.923. The van der Waals surface area contributed by atoms with Gasteiger partial charge in [0.25, 0.3) is 0 Å². The largest absolute Gasteiger partial charge is 0.480 e. The second-order valence-electron chi connectivity index (χ2n) is 5.97. The van der Waals surface area contributed by atoms with Crippen molar-refractivity contribution in [2.75, 3.05) is 6.54 Å². The van der Waals surface area contributed by atoms with E-state index >= 15 is 0 Å². The molecule has 0 radical (unpaired) electrons. The molecular formula is C13H25NO3. The molecule has 0 amide bonds. The molecule has 0 bridgehead atoms. The van der Waals surface area contributed by atoms with Crippen molar-refractivity contribution in [3.05, 3.63) is 0 Å². The van der Waals surface area contributed by atoms with Crippen LogP contribution in [0.25, 0.3) is 0 Å². The van der Waals surface area contributed by atoms with Crippen LogP contribution in [0.2, 0.25) is 0 Å². The van der Waals surface area contributed by atoms with Gasteiger partial charge in [-0.15, -0.1) is 0 Å². The van der Waals surface area contributed by atoms with E-state index in [1.807, 2.05) is 25.7 Å². The highest BCUT2D eigenvalue weighted by Gasteiger charge is 2.35. The first kappa shape index (κ1) is 14.5. The van der Waals surface area contributed by atoms with Gasteiger partial charge in [0.2, 0.25) is 0 Å². The molecule has 1 fully saturated rings. The predicted molar refractivity (Wildman–Crippen MR) is 67.0 cm³/mol. The number of hydrogen-bond donors (Lipinski definition) is 2. The molecule has 2 atom stereocenters. The number of carboxylic acids is 1. The molecule has 1 saturated carbocycles. The Balaban J connectivity index is 2.83. The Labute approximate surface area is 104 Å². The first-order chi connectivity index (χ1) is 7.82. The minimum atomic E-state index is -0.823. The number of rotatable bonds is 3. The second-order valence-corrected chi connectivity index (χ2v) is 5.97. The fourth-order valence-electron chi connectivity index (χ4n) is 2.63. The van der Waals surface area contributed by atoms with Crippen molar-refractivity contribution < 1.29 is 15.0 Å². The molecule has 4 heteroatoms. The van der Waals surface area contributed by atoms with Gasteiger partial charge in [-0.1, -0.05) is 19.3 Å². The molecule has 0 aromatic heterocycles. The van der Waals surface area contributed by atoms with Crippen LogP contribution in [0.4, 0.5) is 0 Å². The van der Waals surface area contributed by atoms with Gasteiger partial charge in [-0.05, 0) is 33.6 Å². The topological polar surface area (TPSA) is 60.8 Å². The third-order valence-electron chi connectivity index (χ3n) is 3.51. The lowest BCUT2D eigenvalue weighted by molar-refractivity contribution is -0.142. The Morgan fingerprint density at radius 2 is 1.82 bits per heavy atom. The van der Waals surface area contributed by atoms with Crippen LogP contribution in [-0.4, -0.2) is 45.3 Å². The standard InChI is InChI=1S/C13H25NO3/c1-13(2,3)14(9-12(16)17)10-7-5-4-6-8-11(10)15/h10-11,15H,4-9H2,1-3H3,(H,16,17). The van der Waals surface area contributed by atoms with Gasteiger partial charge in [0.05, 0.1) is 12.6 Å². The van der Waals surface area contributed by atoms with E-state index in [2.05, 4.69) is 0 Å². The highest BCUT2D eigenvalue weighted by atomic mass is 16.4. The molecule has 1 aliphatic rings. The molecule has 2 N–H and O–H groups in total. The molecule has 4 nitrogen and oxygen atoms in total. The van der Waals surface area contributed by atoms with E-state index in [1.165, 1.54) is 0 Å². The van der Waals surface area contributed by atoms with Crippen molar-refractivity contribution >= 4 is 5.97 Å². The van der Waals surface area contributed by atoms with Gasteiger partial charge in [-0.3, -0.25) is 9.69 Å². The van der Waals surface area contributed by atoms with Crippen LogP contribution in [0.1, 0.15) is 52.9 Å². The van der Waals surface area contributed by atoms with E-state index in [0.29, 0.717) is 0 Å². The van der Waals surface area contributed by atoms with Crippen LogP contribution < -0.4 is 0 Å². The van der Waals surface area contributed by atoms with Crippen molar-refractivity contribution in [2.45, 2.75) is 70.6 Å². The zero-order chi connectivity index (χ0) is 13.1. The monoisotopic (exact) mass is 243 g/mol. The third kappa shape index (κ3) is 4.28. The number of carbonyl (C=O) groups is 1. The van der Waals surface area contributed by atoms with E-state index in [9.17, 15) is 9.90 Å². The van der Waals surface area contributed by atoms with Crippen LogP contribution in [0, 0.1) is 0 Å². The number of hydrogen-bond acceptors (Lipinski definition) is 3. The maximum absolute atomic E-state index is 11.0. The molecule has 1 rings (SSSR count). The van der Waals surface area contributed by atoms with Gasteiger partial charge in [0.1, 0.15) is 0 Å². The normalized spacial score (nSPS) is 26.9. The molecule has 0 aliphatic heterocycles. The smallest absolute Gasteiger partial charge is 0.317 e. The molecule has 2 unspecified atom stereocenters. The maximum Gasteiger partial charge on any atom is 0.317 e. The number of carboxylic acid groups (broad SMARTS) is 1. The number of aliphatic hydroxyl groups excluding tert-OH is 1. The van der Waals surface area contributed by atoms with Crippen LogP contribution in [0.15, 0.2) is 0 Å². The van der Waals surface area contributed by atoms with Gasteiger partial charge in [-0.25, -0.2) is 0 Å². The summed E-state index contributed by atoms with van der Waals surface area (Å²) >= 11 is 0. The van der Waals surface area contributed by atoms with E-state index in [-0.39, 0.29) is 18.1 Å². The zero-order valence-electron chi connectivity index (χ0n) is 11.1. The lowest BCUT2D eigenvalue weighted by atomic mass is 9.96. The Morgan fingerprint density at radius 3 is 2.35 bits per heavy atom. The highest BCUT2D eigenvalue weighted by Crippen LogP contribution is 2.27. The van der Waals surface area contributed by atoms with Crippen LogP contribution in [0.5, 0.6) is 0 Å². The van der Waals surface area contributed by atoms with Gasteiger partial charge in [0.15, 0.2) is 0 Å². The summed E-state index contributed by atoms with van der Waals surface area (Å²) in [6.07, 6.45) is 4.55. The average Bonchev–Trinajstić information content (AvgIpc) is 2.37. The molecule has 0 aromatic rings. The van der Waals surface area contributed by atoms with Crippen molar-refractivity contribution in [1.82, 2.24) is 4.90 Å². The summed E-state index contributed by atoms with van der Waals surface area (Å²) in [4.78, 5) is 12.9. The first-order valence-electron chi connectivity index (χ1n) is 6.49. The highest BCUT2D eigenvalue weighted by molar-refractivity contribution is 5.69.